The number of nitrogens with zero attached hydrogens (tertiary/aromatic N) is 1. The first-order valence-corrected chi connectivity index (χ1v) is 9.07. The number of para-hydroxylation sites is 1. The van der Waals surface area contributed by atoms with E-state index >= 15 is 0 Å². The average Bonchev–Trinajstić information content (AvgIpc) is 2.62. The smallest absolute Gasteiger partial charge is 0.262 e. The number of amides is 1. The Balaban J connectivity index is 1.52. The first kappa shape index (κ1) is 17.8. The second-order valence-corrected chi connectivity index (χ2v) is 6.71. The standard InChI is InChI=1S/C20H23ClN2O2/c21-18-9-2-3-10-19(18)25-15-20(24)22-17-8-6-7-16(13-17)14-23-11-4-1-5-12-23/h2-3,6-10,13H,1,4-5,11-12,14-15H2,(H,22,24). The van der Waals surface area contributed by atoms with Crippen molar-refractivity contribution in [3.8, 4) is 5.75 Å². The van der Waals surface area contributed by atoms with Crippen molar-refractivity contribution in [1.82, 2.24) is 4.90 Å². The van der Waals surface area contributed by atoms with Crippen LogP contribution in [-0.2, 0) is 11.3 Å². The predicted octanol–water partition coefficient (Wildman–Crippen LogP) is 4.34. The molecule has 1 amide bonds. The van der Waals surface area contributed by atoms with Crippen LogP contribution in [0.4, 0.5) is 5.69 Å². The molecule has 0 radical (unpaired) electrons. The number of halogens is 1. The van der Waals surface area contributed by atoms with Crippen LogP contribution in [0, 0.1) is 0 Å². The first-order valence-electron chi connectivity index (χ1n) is 8.69. The quantitative estimate of drug-likeness (QED) is 0.835. The molecule has 132 valence electrons. The zero-order valence-corrected chi connectivity index (χ0v) is 15.0. The van der Waals surface area contributed by atoms with E-state index in [1.165, 1.54) is 24.8 Å². The van der Waals surface area contributed by atoms with E-state index in [0.29, 0.717) is 10.8 Å². The van der Waals surface area contributed by atoms with Crippen molar-refractivity contribution in [3.05, 3.63) is 59.1 Å². The maximum Gasteiger partial charge on any atom is 0.262 e. The van der Waals surface area contributed by atoms with Crippen LogP contribution >= 0.6 is 11.6 Å². The van der Waals surface area contributed by atoms with Crippen LogP contribution < -0.4 is 10.1 Å². The van der Waals surface area contributed by atoms with E-state index in [-0.39, 0.29) is 12.5 Å². The maximum atomic E-state index is 12.1. The SMILES string of the molecule is O=C(COc1ccccc1Cl)Nc1cccc(CN2CCCCC2)c1. The molecule has 1 fully saturated rings. The van der Waals surface area contributed by atoms with Crippen LogP contribution in [0.25, 0.3) is 0 Å². The predicted molar refractivity (Wildman–Crippen MR) is 101 cm³/mol. The third kappa shape index (κ3) is 5.48. The molecule has 5 heteroatoms. The molecule has 0 aliphatic carbocycles. The number of carbonyl (C=O) groups is 1. The molecule has 25 heavy (non-hydrogen) atoms. The molecular formula is C20H23ClN2O2. The van der Waals surface area contributed by atoms with Crippen LogP contribution in [0.1, 0.15) is 24.8 Å². The molecule has 2 aromatic rings. The summed E-state index contributed by atoms with van der Waals surface area (Å²) in [4.78, 5) is 14.6. The van der Waals surface area contributed by atoms with E-state index in [9.17, 15) is 4.79 Å². The molecule has 2 aromatic carbocycles. The Morgan fingerprint density at radius 2 is 1.88 bits per heavy atom. The van der Waals surface area contributed by atoms with Gasteiger partial charge in [-0.25, -0.2) is 0 Å². The normalized spacial score (nSPS) is 14.9. The largest absolute Gasteiger partial charge is 0.482 e. The van der Waals surface area contributed by atoms with Crippen molar-refractivity contribution in [2.24, 2.45) is 0 Å². The molecule has 0 saturated carbocycles. The lowest BCUT2D eigenvalue weighted by molar-refractivity contribution is -0.118. The molecule has 1 saturated heterocycles. The average molecular weight is 359 g/mol. The lowest BCUT2D eigenvalue weighted by Crippen LogP contribution is -2.29. The maximum absolute atomic E-state index is 12.1. The molecule has 1 aliphatic heterocycles. The fourth-order valence-corrected chi connectivity index (χ4v) is 3.22. The summed E-state index contributed by atoms with van der Waals surface area (Å²) in [5.41, 5.74) is 2.01. The highest BCUT2D eigenvalue weighted by Crippen LogP contribution is 2.23. The van der Waals surface area contributed by atoms with Crippen LogP contribution in [0.2, 0.25) is 5.02 Å². The van der Waals surface area contributed by atoms with E-state index < -0.39 is 0 Å². The van der Waals surface area contributed by atoms with E-state index in [1.807, 2.05) is 30.3 Å². The second kappa shape index (κ2) is 8.88. The van der Waals surface area contributed by atoms with Gasteiger partial charge in [-0.3, -0.25) is 9.69 Å². The van der Waals surface area contributed by atoms with Gasteiger partial charge in [0.05, 0.1) is 5.02 Å². The molecule has 0 bridgehead atoms. The van der Waals surface area contributed by atoms with Gasteiger partial charge in [0.25, 0.3) is 5.91 Å². The summed E-state index contributed by atoms with van der Waals surface area (Å²) in [6, 6.07) is 15.1. The fourth-order valence-electron chi connectivity index (χ4n) is 3.03. The number of ether oxygens (including phenoxy) is 1. The number of nitrogens with one attached hydrogen (secondary N) is 1. The fraction of sp³-hybridized carbons (Fsp3) is 0.350. The Morgan fingerprint density at radius 3 is 2.68 bits per heavy atom. The van der Waals surface area contributed by atoms with Gasteiger partial charge < -0.3 is 10.1 Å². The van der Waals surface area contributed by atoms with Crippen LogP contribution in [0.3, 0.4) is 0 Å². The Hall–Kier alpha value is -2.04. The Kier molecular flexibility index (Phi) is 6.31. The third-order valence-electron chi connectivity index (χ3n) is 4.26. The Morgan fingerprint density at radius 1 is 1.08 bits per heavy atom. The van der Waals surface area contributed by atoms with Gasteiger partial charge in [0.1, 0.15) is 5.75 Å². The minimum absolute atomic E-state index is 0.0694. The number of carbonyl (C=O) groups excluding carboxylic acids is 1. The van der Waals surface area contributed by atoms with E-state index in [4.69, 9.17) is 16.3 Å². The van der Waals surface area contributed by atoms with Crippen LogP contribution in [0.5, 0.6) is 5.75 Å². The third-order valence-corrected chi connectivity index (χ3v) is 4.57. The molecule has 1 heterocycles. The van der Waals surface area contributed by atoms with Gasteiger partial charge in [-0.15, -0.1) is 0 Å². The van der Waals surface area contributed by atoms with Crippen LogP contribution in [0.15, 0.2) is 48.5 Å². The van der Waals surface area contributed by atoms with Crippen LogP contribution in [-0.4, -0.2) is 30.5 Å². The topological polar surface area (TPSA) is 41.6 Å². The molecule has 0 atom stereocenters. The van der Waals surface area contributed by atoms with E-state index in [2.05, 4.69) is 16.3 Å². The zero-order chi connectivity index (χ0) is 17.5. The first-order chi connectivity index (χ1) is 12.2. The lowest BCUT2D eigenvalue weighted by Gasteiger charge is -2.26. The van der Waals surface area contributed by atoms with Crippen molar-refractivity contribution in [2.45, 2.75) is 25.8 Å². The number of likely N-dealkylation sites (tertiary alicyclic amines) is 1. The van der Waals surface area contributed by atoms with Gasteiger partial charge in [-0.2, -0.15) is 0 Å². The molecule has 1 N–H and O–H groups in total. The van der Waals surface area contributed by atoms with Gasteiger partial charge in [-0.1, -0.05) is 42.3 Å². The highest BCUT2D eigenvalue weighted by molar-refractivity contribution is 6.32. The highest BCUT2D eigenvalue weighted by atomic mass is 35.5. The van der Waals surface area contributed by atoms with Gasteiger partial charge in [0.2, 0.25) is 0 Å². The monoisotopic (exact) mass is 358 g/mol. The van der Waals surface area contributed by atoms with Gasteiger partial charge in [0.15, 0.2) is 6.61 Å². The summed E-state index contributed by atoms with van der Waals surface area (Å²) in [5, 5.41) is 3.38. The van der Waals surface area contributed by atoms with Crippen molar-refractivity contribution in [2.75, 3.05) is 25.0 Å². The number of piperidine rings is 1. The van der Waals surface area contributed by atoms with Crippen molar-refractivity contribution in [3.63, 3.8) is 0 Å². The summed E-state index contributed by atoms with van der Waals surface area (Å²) >= 11 is 6.02. The number of hydrogen-bond acceptors (Lipinski definition) is 3. The summed E-state index contributed by atoms with van der Waals surface area (Å²) in [6.07, 6.45) is 3.88. The summed E-state index contributed by atoms with van der Waals surface area (Å²) in [7, 11) is 0. The molecule has 0 spiro atoms. The number of anilines is 1. The van der Waals surface area contributed by atoms with Gasteiger partial charge in [-0.05, 0) is 55.8 Å². The Bertz CT molecular complexity index is 714. The molecule has 0 aromatic heterocycles. The molecule has 0 unspecified atom stereocenters. The lowest BCUT2D eigenvalue weighted by atomic mass is 10.1. The number of benzene rings is 2. The van der Waals surface area contributed by atoms with Crippen molar-refractivity contribution in [1.29, 1.82) is 0 Å². The molecule has 1 aliphatic rings. The second-order valence-electron chi connectivity index (χ2n) is 6.30. The molecular weight excluding hydrogens is 336 g/mol. The van der Waals surface area contributed by atoms with Crippen molar-refractivity contribution < 1.29 is 9.53 Å². The summed E-state index contributed by atoms with van der Waals surface area (Å²) < 4.78 is 5.47. The highest BCUT2D eigenvalue weighted by Gasteiger charge is 2.11. The molecule has 3 rings (SSSR count). The number of rotatable bonds is 6. The summed E-state index contributed by atoms with van der Waals surface area (Å²) in [5.74, 6) is 0.313. The minimum atomic E-state index is -0.199. The Labute approximate surface area is 153 Å². The van der Waals surface area contributed by atoms with Gasteiger partial charge in [0, 0.05) is 12.2 Å². The summed E-state index contributed by atoms with van der Waals surface area (Å²) in [6.45, 7) is 3.17. The number of hydrogen-bond donors (Lipinski definition) is 1. The zero-order valence-electron chi connectivity index (χ0n) is 14.2. The molecule has 4 nitrogen and oxygen atoms in total. The van der Waals surface area contributed by atoms with Gasteiger partial charge >= 0.3 is 0 Å². The van der Waals surface area contributed by atoms with E-state index in [1.54, 1.807) is 12.1 Å². The minimum Gasteiger partial charge on any atom is -0.482 e. The van der Waals surface area contributed by atoms with Crippen molar-refractivity contribution >= 4 is 23.2 Å². The van der Waals surface area contributed by atoms with E-state index in [0.717, 1.165) is 25.3 Å².